The summed E-state index contributed by atoms with van der Waals surface area (Å²) in [7, 11) is 0. The highest BCUT2D eigenvalue weighted by atomic mass is 79.9. The Hall–Kier alpha value is -0.500. The Morgan fingerprint density at radius 2 is 2.27 bits per heavy atom. The van der Waals surface area contributed by atoms with E-state index in [2.05, 4.69) is 15.9 Å². The lowest BCUT2D eigenvalue weighted by Gasteiger charge is -1.93. The lowest BCUT2D eigenvalue weighted by molar-refractivity contribution is 0.476. The van der Waals surface area contributed by atoms with Gasteiger partial charge in [0, 0.05) is 0 Å². The minimum atomic E-state index is -0.661. The average Bonchev–Trinajstić information content (AvgIpc) is 2.34. The molecule has 0 aliphatic carbocycles. The van der Waals surface area contributed by atoms with Crippen LogP contribution in [0.2, 0.25) is 0 Å². The highest BCUT2D eigenvalue weighted by Gasteiger charge is 2.07. The van der Waals surface area contributed by atoms with Crippen molar-refractivity contribution in [2.75, 3.05) is 0 Å². The molecule has 5 heteroatoms. The topological polar surface area (TPSA) is 63.0 Å². The minimum absolute atomic E-state index is 0. The number of hydrogen-bond acceptors (Lipinski definition) is 3. The Morgan fingerprint density at radius 1 is 1.64 bits per heavy atom. The largest absolute Gasteiger partial charge is 0.452 e. The van der Waals surface area contributed by atoms with E-state index in [-0.39, 0.29) is 12.4 Å². The van der Waals surface area contributed by atoms with E-state index in [1.807, 2.05) is 6.07 Å². The van der Waals surface area contributed by atoms with E-state index in [1.54, 1.807) is 12.1 Å². The van der Waals surface area contributed by atoms with Crippen LogP contribution in [0.5, 0.6) is 0 Å². The van der Waals surface area contributed by atoms with Crippen molar-refractivity contribution in [2.24, 2.45) is 5.73 Å². The first kappa shape index (κ1) is 10.5. The van der Waals surface area contributed by atoms with Crippen LogP contribution in [-0.4, -0.2) is 0 Å². The van der Waals surface area contributed by atoms with E-state index < -0.39 is 6.04 Å². The van der Waals surface area contributed by atoms with Crippen LogP contribution in [0.25, 0.3) is 0 Å². The average molecular weight is 237 g/mol. The predicted octanol–water partition coefficient (Wildman–Crippen LogP) is 1.99. The van der Waals surface area contributed by atoms with Crippen LogP contribution < -0.4 is 5.73 Å². The summed E-state index contributed by atoms with van der Waals surface area (Å²) in [6.45, 7) is 0. The molecule has 0 bridgehead atoms. The molecule has 0 aromatic carbocycles. The fraction of sp³-hybridized carbons (Fsp3) is 0.167. The molecule has 60 valence electrons. The summed E-state index contributed by atoms with van der Waals surface area (Å²) in [4.78, 5) is 0. The fourth-order valence-electron chi connectivity index (χ4n) is 0.559. The quantitative estimate of drug-likeness (QED) is 0.812. The molecule has 0 fully saturated rings. The van der Waals surface area contributed by atoms with Crippen molar-refractivity contribution >= 4 is 28.3 Å². The molecular weight excluding hydrogens is 231 g/mol. The molecule has 0 spiro atoms. The second-order valence-corrected chi connectivity index (χ2v) is 2.53. The molecule has 0 radical (unpaired) electrons. The molecule has 0 saturated heterocycles. The van der Waals surface area contributed by atoms with Gasteiger partial charge in [-0.05, 0) is 28.1 Å². The van der Waals surface area contributed by atoms with Gasteiger partial charge < -0.3 is 10.2 Å². The third-order valence-corrected chi connectivity index (χ3v) is 1.47. The van der Waals surface area contributed by atoms with Gasteiger partial charge in [-0.15, -0.1) is 12.4 Å². The summed E-state index contributed by atoms with van der Waals surface area (Å²) < 4.78 is 5.60. The molecule has 0 amide bonds. The van der Waals surface area contributed by atoms with Crippen LogP contribution in [-0.2, 0) is 0 Å². The molecule has 11 heavy (non-hydrogen) atoms. The van der Waals surface area contributed by atoms with Crippen molar-refractivity contribution in [1.29, 1.82) is 5.26 Å². The number of nitriles is 1. The second-order valence-electron chi connectivity index (χ2n) is 1.75. The standard InChI is InChI=1S/C6H5BrN2O.ClH/c7-6-2-1-5(10-6)4(9)3-8;/h1-2,4H,9H2;1H. The lowest BCUT2D eigenvalue weighted by atomic mass is 10.3. The summed E-state index contributed by atoms with van der Waals surface area (Å²) in [6, 6.07) is 4.56. The zero-order chi connectivity index (χ0) is 7.56. The predicted molar refractivity (Wildman–Crippen MR) is 46.2 cm³/mol. The van der Waals surface area contributed by atoms with Crippen molar-refractivity contribution in [2.45, 2.75) is 6.04 Å². The maximum atomic E-state index is 8.35. The van der Waals surface area contributed by atoms with E-state index >= 15 is 0 Å². The van der Waals surface area contributed by atoms with Crippen LogP contribution in [0.3, 0.4) is 0 Å². The number of halogens is 2. The monoisotopic (exact) mass is 236 g/mol. The smallest absolute Gasteiger partial charge is 0.169 e. The van der Waals surface area contributed by atoms with E-state index in [9.17, 15) is 0 Å². The van der Waals surface area contributed by atoms with Gasteiger partial charge in [-0.1, -0.05) is 0 Å². The van der Waals surface area contributed by atoms with Crippen molar-refractivity contribution in [3.05, 3.63) is 22.6 Å². The highest BCUT2D eigenvalue weighted by molar-refractivity contribution is 9.10. The summed E-state index contributed by atoms with van der Waals surface area (Å²) in [6.07, 6.45) is 0. The van der Waals surface area contributed by atoms with E-state index in [0.29, 0.717) is 10.4 Å². The summed E-state index contributed by atoms with van der Waals surface area (Å²) in [5.41, 5.74) is 5.33. The van der Waals surface area contributed by atoms with Gasteiger partial charge >= 0.3 is 0 Å². The first-order valence-corrected chi connectivity index (χ1v) is 3.44. The van der Waals surface area contributed by atoms with Gasteiger partial charge in [0.25, 0.3) is 0 Å². The van der Waals surface area contributed by atoms with Crippen LogP contribution in [0.1, 0.15) is 11.8 Å². The van der Waals surface area contributed by atoms with Gasteiger partial charge in [-0.25, -0.2) is 0 Å². The van der Waals surface area contributed by atoms with Gasteiger partial charge in [0.15, 0.2) is 10.7 Å². The van der Waals surface area contributed by atoms with Gasteiger partial charge in [0.1, 0.15) is 5.76 Å². The van der Waals surface area contributed by atoms with Crippen LogP contribution in [0.4, 0.5) is 0 Å². The fourth-order valence-corrected chi connectivity index (χ4v) is 0.878. The molecule has 1 unspecified atom stereocenters. The van der Waals surface area contributed by atoms with Crippen molar-refractivity contribution in [3.8, 4) is 6.07 Å². The van der Waals surface area contributed by atoms with E-state index in [1.165, 1.54) is 0 Å². The SMILES string of the molecule is Cl.N#CC(N)c1ccc(Br)o1. The van der Waals surface area contributed by atoms with Crippen LogP contribution in [0.15, 0.2) is 21.2 Å². The van der Waals surface area contributed by atoms with Gasteiger partial charge in [0.05, 0.1) is 6.07 Å². The Kier molecular flexibility index (Phi) is 4.19. The van der Waals surface area contributed by atoms with Crippen molar-refractivity contribution in [1.82, 2.24) is 0 Å². The third kappa shape index (κ3) is 2.54. The van der Waals surface area contributed by atoms with Gasteiger partial charge in [-0.2, -0.15) is 5.26 Å². The maximum Gasteiger partial charge on any atom is 0.169 e. The van der Waals surface area contributed by atoms with E-state index in [0.717, 1.165) is 0 Å². The normalized spacial score (nSPS) is 11.4. The number of nitrogens with zero attached hydrogens (tertiary/aromatic N) is 1. The molecule has 1 aromatic rings. The van der Waals surface area contributed by atoms with Crippen molar-refractivity contribution in [3.63, 3.8) is 0 Å². The molecule has 1 aromatic heterocycles. The number of nitrogens with two attached hydrogens (primary N) is 1. The highest BCUT2D eigenvalue weighted by Crippen LogP contribution is 2.17. The molecule has 3 nitrogen and oxygen atoms in total. The number of rotatable bonds is 1. The summed E-state index contributed by atoms with van der Waals surface area (Å²) in [5, 5.41) is 8.35. The first-order chi connectivity index (χ1) is 4.74. The second kappa shape index (κ2) is 4.39. The Morgan fingerprint density at radius 3 is 2.64 bits per heavy atom. The number of hydrogen-bond donors (Lipinski definition) is 1. The Labute approximate surface area is 78.7 Å². The molecule has 1 rings (SSSR count). The first-order valence-electron chi connectivity index (χ1n) is 2.64. The molecular formula is C6H6BrClN2O. The summed E-state index contributed by atoms with van der Waals surface area (Å²) in [5.74, 6) is 0.481. The molecule has 0 aliphatic heterocycles. The zero-order valence-corrected chi connectivity index (χ0v) is 7.85. The van der Waals surface area contributed by atoms with E-state index in [4.69, 9.17) is 15.4 Å². The molecule has 0 aliphatic rings. The van der Waals surface area contributed by atoms with Crippen molar-refractivity contribution < 1.29 is 4.42 Å². The summed E-state index contributed by atoms with van der Waals surface area (Å²) >= 11 is 3.10. The zero-order valence-electron chi connectivity index (χ0n) is 5.45. The van der Waals surface area contributed by atoms with Crippen LogP contribution in [0, 0.1) is 11.3 Å². The minimum Gasteiger partial charge on any atom is -0.452 e. The molecule has 1 heterocycles. The third-order valence-electron chi connectivity index (χ3n) is 1.04. The molecule has 2 N–H and O–H groups in total. The maximum absolute atomic E-state index is 8.35. The lowest BCUT2D eigenvalue weighted by Crippen LogP contribution is -2.05. The van der Waals surface area contributed by atoms with Gasteiger partial charge in [-0.3, -0.25) is 0 Å². The molecule has 0 saturated carbocycles. The Bertz CT molecular complexity index is 268. The van der Waals surface area contributed by atoms with Crippen LogP contribution >= 0.6 is 28.3 Å². The Balaban J connectivity index is 0.000001000. The molecule has 1 atom stereocenters. The number of furan rings is 1. The van der Waals surface area contributed by atoms with Gasteiger partial charge in [0.2, 0.25) is 0 Å².